The molecule has 0 saturated carbocycles. The van der Waals surface area contributed by atoms with Crippen molar-refractivity contribution in [1.29, 1.82) is 0 Å². The van der Waals surface area contributed by atoms with E-state index in [1.54, 1.807) is 6.92 Å². The first-order valence-electron chi connectivity index (χ1n) is 4.45. The molecule has 0 aliphatic rings. The fourth-order valence-electron chi connectivity index (χ4n) is 1.10. The maximum absolute atomic E-state index is 9.09. The van der Waals surface area contributed by atoms with Crippen LogP contribution in [0.2, 0.25) is 0 Å². The smallest absolute Gasteiger partial charge is 0.592 e. The Hall–Kier alpha value is -1.21. The zero-order valence-corrected chi connectivity index (χ0v) is 10.7. The van der Waals surface area contributed by atoms with Crippen molar-refractivity contribution in [2.45, 2.75) is 13.5 Å². The molecule has 0 aromatic carbocycles. The van der Waals surface area contributed by atoms with Crippen molar-refractivity contribution in [3.63, 3.8) is 0 Å². The van der Waals surface area contributed by atoms with Gasteiger partial charge in [-0.3, -0.25) is 10.4 Å². The van der Waals surface area contributed by atoms with Crippen molar-refractivity contribution in [3.8, 4) is 5.75 Å². The molecular weight excluding hydrogens is 292 g/mol. The maximum Gasteiger partial charge on any atom is 2.00 e. The summed E-state index contributed by atoms with van der Waals surface area (Å²) < 4.78 is 0. The summed E-state index contributed by atoms with van der Waals surface area (Å²) in [6.07, 6.45) is 2.90. The van der Waals surface area contributed by atoms with Crippen LogP contribution in [0.3, 0.4) is 0 Å². The van der Waals surface area contributed by atoms with Crippen molar-refractivity contribution in [2.75, 3.05) is 0 Å². The fourth-order valence-corrected chi connectivity index (χ4v) is 1.15. The molecule has 17 heavy (non-hydrogen) atoms. The molecule has 8 heteroatoms. The van der Waals surface area contributed by atoms with E-state index in [0.717, 1.165) is 0 Å². The summed E-state index contributed by atoms with van der Waals surface area (Å²) in [5.41, 5.74) is 9.17. The second kappa shape index (κ2) is 7.18. The van der Waals surface area contributed by atoms with Crippen LogP contribution in [0.1, 0.15) is 16.8 Å². The number of nitrogens with zero attached hydrogens (tertiary/aromatic N) is 2. The normalized spacial score (nSPS) is 10.0. The van der Waals surface area contributed by atoms with Crippen molar-refractivity contribution >= 4 is 23.5 Å². The molecule has 1 aromatic heterocycles. The predicted molar refractivity (Wildman–Crippen MR) is 65.5 cm³/mol. The standard InChI is InChI=1S/C9H12N4O2S.Cu/c1-5-8(15)7(3-12-13-9(10)16)6(4-14)2-11-5;/h2-3,14-15H,4H2,1H3,(H3,10,13,16);/q;+2/p+1. The molecule has 0 unspecified atom stereocenters. The first-order chi connectivity index (χ1) is 7.56. The van der Waals surface area contributed by atoms with Crippen LogP contribution in [-0.4, -0.2) is 26.5 Å². The van der Waals surface area contributed by atoms with Gasteiger partial charge in [-0.1, -0.05) is 0 Å². The van der Waals surface area contributed by atoms with E-state index >= 15 is 0 Å². The topological polar surface area (TPSA) is 106 Å². The first-order valence-corrected chi connectivity index (χ1v) is 4.86. The van der Waals surface area contributed by atoms with E-state index in [4.69, 9.17) is 15.9 Å². The Balaban J connectivity index is 0.00000256. The second-order valence-electron chi connectivity index (χ2n) is 3.05. The third-order valence-corrected chi connectivity index (χ3v) is 2.02. The summed E-state index contributed by atoms with van der Waals surface area (Å²) in [4.78, 5) is 3.97. The molecule has 1 radical (unpaired) electrons. The first kappa shape index (κ1) is 15.8. The van der Waals surface area contributed by atoms with Gasteiger partial charge in [-0.25, -0.2) is 0 Å². The summed E-state index contributed by atoms with van der Waals surface area (Å²) in [5, 5.41) is 20.6. The van der Waals surface area contributed by atoms with Crippen LogP contribution >= 0.6 is 12.2 Å². The quantitative estimate of drug-likeness (QED) is 0.229. The van der Waals surface area contributed by atoms with Crippen LogP contribution in [0.4, 0.5) is 0 Å². The van der Waals surface area contributed by atoms with Gasteiger partial charge in [0.15, 0.2) is 5.11 Å². The Kier molecular flexibility index (Phi) is 6.67. The molecule has 0 aliphatic heterocycles. The van der Waals surface area contributed by atoms with Gasteiger partial charge in [0.1, 0.15) is 5.69 Å². The van der Waals surface area contributed by atoms with Gasteiger partial charge in [-0.05, 0) is 19.1 Å². The maximum atomic E-state index is 9.09. The second-order valence-corrected chi connectivity index (χ2v) is 3.49. The minimum atomic E-state index is -0.201. The number of hydrogen-bond donors (Lipinski definition) is 3. The number of aromatic nitrogens is 1. The monoisotopic (exact) mass is 304 g/mol. The van der Waals surface area contributed by atoms with Gasteiger partial charge in [-0.15, -0.1) is 0 Å². The number of pyridine rings is 1. The molecule has 1 rings (SSSR count). The number of thiocarbonyl (C=S) groups is 1. The number of hydrazone groups is 1. The van der Waals surface area contributed by atoms with Crippen LogP contribution in [0.25, 0.3) is 0 Å². The molecule has 6 N–H and O–H groups in total. The zero-order chi connectivity index (χ0) is 12.1. The van der Waals surface area contributed by atoms with Crippen LogP contribution < -0.4 is 11.2 Å². The summed E-state index contributed by atoms with van der Waals surface area (Å²) in [6, 6.07) is 0. The molecule has 1 aromatic rings. The van der Waals surface area contributed by atoms with E-state index in [1.165, 1.54) is 12.4 Å². The van der Waals surface area contributed by atoms with Gasteiger partial charge in [0.25, 0.3) is 5.75 Å². The van der Waals surface area contributed by atoms with Crippen molar-refractivity contribution in [3.05, 3.63) is 23.0 Å². The summed E-state index contributed by atoms with van der Waals surface area (Å²) in [6.45, 7) is 1.51. The van der Waals surface area contributed by atoms with Crippen LogP contribution in [0.5, 0.6) is 5.75 Å². The van der Waals surface area contributed by atoms with Crippen LogP contribution in [-0.2, 0) is 23.7 Å². The van der Waals surface area contributed by atoms with Crippen molar-refractivity contribution < 1.29 is 27.3 Å². The van der Waals surface area contributed by atoms with E-state index in [2.05, 4.69) is 27.7 Å². The molecule has 1 heterocycles. The Morgan fingerprint density at radius 2 is 2.41 bits per heavy atom. The van der Waals surface area contributed by atoms with Gasteiger partial charge in [0.2, 0.25) is 0 Å². The number of nitrogens with one attached hydrogen (secondary N) is 1. The van der Waals surface area contributed by atoms with E-state index in [9.17, 15) is 0 Å². The Labute approximate surface area is 114 Å². The van der Waals surface area contributed by atoms with E-state index in [1.807, 2.05) is 0 Å². The molecule has 6 nitrogen and oxygen atoms in total. The summed E-state index contributed by atoms with van der Waals surface area (Å²) in [5.74, 6) is 0.222. The Bertz CT molecular complexity index is 439. The van der Waals surface area contributed by atoms with E-state index in [0.29, 0.717) is 16.8 Å². The molecule has 0 bridgehead atoms. The predicted octanol–water partition coefficient (Wildman–Crippen LogP) is -0.515. The van der Waals surface area contributed by atoms with Gasteiger partial charge in [0.05, 0.1) is 18.4 Å². The minimum Gasteiger partial charge on any atom is -0.592 e. The fraction of sp³-hybridized carbons (Fsp3) is 0.222. The van der Waals surface area contributed by atoms with Crippen molar-refractivity contribution in [1.82, 2.24) is 10.4 Å². The summed E-state index contributed by atoms with van der Waals surface area (Å²) in [7, 11) is 0. The number of hydrogen-bond acceptors (Lipinski definition) is 4. The van der Waals surface area contributed by atoms with E-state index in [-0.39, 0.29) is 34.5 Å². The van der Waals surface area contributed by atoms with E-state index < -0.39 is 0 Å². The Morgan fingerprint density at radius 3 is 2.94 bits per heavy atom. The third kappa shape index (κ3) is 4.27. The number of aryl methyl sites for hydroxylation is 1. The minimum absolute atomic E-state index is 0. The van der Waals surface area contributed by atoms with Gasteiger partial charge in [-0.2, -0.15) is 5.10 Å². The van der Waals surface area contributed by atoms with Gasteiger partial charge < -0.3 is 15.9 Å². The number of nitrogens with two attached hydrogens (primary N) is 1. The molecule has 0 saturated heterocycles. The molecular formula is C9H13CuN4O2S+3. The van der Waals surface area contributed by atoms with Crippen LogP contribution in [0.15, 0.2) is 11.3 Å². The number of aliphatic hydroxyl groups excluding tert-OH is 1. The average Bonchev–Trinajstić information content (AvgIpc) is 2.24. The number of rotatable bonds is 3. The molecule has 0 spiro atoms. The number of aliphatic hydroxyl groups is 1. The van der Waals surface area contributed by atoms with Crippen molar-refractivity contribution in [2.24, 2.45) is 10.8 Å². The average molecular weight is 305 g/mol. The molecule has 0 aliphatic carbocycles. The zero-order valence-electron chi connectivity index (χ0n) is 8.99. The molecule has 95 valence electrons. The summed E-state index contributed by atoms with van der Waals surface area (Å²) >= 11 is 4.58. The largest absolute Gasteiger partial charge is 2.00 e. The third-order valence-electron chi connectivity index (χ3n) is 1.93. The van der Waals surface area contributed by atoms with Crippen LogP contribution in [0, 0.1) is 6.92 Å². The van der Waals surface area contributed by atoms with Gasteiger partial charge >= 0.3 is 17.1 Å². The Morgan fingerprint density at radius 1 is 1.76 bits per heavy atom. The van der Waals surface area contributed by atoms with Gasteiger partial charge in [0, 0.05) is 11.8 Å². The molecule has 0 fully saturated rings. The molecule has 0 amide bonds. The SMILES string of the molecule is Cc1ncc(CO)c(C=NNC(N)=S)c1[OH2+].[Cu+2]. The molecule has 0 atom stereocenters.